The number of amides is 1. The average Bonchev–Trinajstić information content (AvgIpc) is 3.06. The molecule has 0 fully saturated rings. The van der Waals surface area contributed by atoms with Crippen LogP contribution in [0.1, 0.15) is 44.5 Å². The Bertz CT molecular complexity index is 1110. The molecule has 0 atom stereocenters. The largest absolute Gasteiger partial charge is 0.462 e. The van der Waals surface area contributed by atoms with Crippen LogP contribution in [0, 0.1) is 29.6 Å². The molecule has 0 saturated heterocycles. The minimum Gasteiger partial charge on any atom is -0.462 e. The molecule has 10 heteroatoms. The van der Waals surface area contributed by atoms with Crippen LogP contribution in [0.25, 0.3) is 0 Å². The van der Waals surface area contributed by atoms with E-state index in [-0.39, 0.29) is 23.8 Å². The summed E-state index contributed by atoms with van der Waals surface area (Å²) in [4.78, 5) is 31.7. The first-order valence-electron chi connectivity index (χ1n) is 9.62. The van der Waals surface area contributed by atoms with Gasteiger partial charge in [0.1, 0.15) is 27.0 Å². The Labute approximate surface area is 188 Å². The summed E-state index contributed by atoms with van der Waals surface area (Å²) in [5.41, 5.74) is 3.18. The fourth-order valence-corrected chi connectivity index (χ4v) is 5.05. The first kappa shape index (κ1) is 22.8. The highest BCUT2D eigenvalue weighted by Gasteiger charge is 2.23. The molecule has 0 spiro atoms. The zero-order valence-electron chi connectivity index (χ0n) is 17.4. The number of anilines is 1. The minimum atomic E-state index is -0.515. The van der Waals surface area contributed by atoms with E-state index in [4.69, 9.17) is 4.74 Å². The van der Waals surface area contributed by atoms with Crippen LogP contribution in [0.15, 0.2) is 11.1 Å². The van der Waals surface area contributed by atoms with Crippen LogP contribution in [0.2, 0.25) is 0 Å². The molecule has 1 N–H and O–H groups in total. The monoisotopic (exact) mass is 455 g/mol. The number of carbonyl (C=O) groups excluding carboxylic acids is 2. The minimum absolute atomic E-state index is 0.0247. The number of carbonyl (C=O) groups is 2. The van der Waals surface area contributed by atoms with Gasteiger partial charge in [-0.15, -0.1) is 11.3 Å². The summed E-state index contributed by atoms with van der Waals surface area (Å²) in [5.74, 6) is -0.836. The summed E-state index contributed by atoms with van der Waals surface area (Å²) in [7, 11) is 2.02. The van der Waals surface area contributed by atoms with Gasteiger partial charge in [-0.05, 0) is 38.1 Å². The lowest BCUT2D eigenvalue weighted by atomic mass is 10.0. The Morgan fingerprint density at radius 2 is 2.16 bits per heavy atom. The number of hydrogen-bond acceptors (Lipinski definition) is 9. The van der Waals surface area contributed by atoms with Crippen LogP contribution in [0.4, 0.5) is 5.00 Å². The second-order valence-corrected chi connectivity index (χ2v) is 8.96. The second kappa shape index (κ2) is 9.92. The van der Waals surface area contributed by atoms with Crippen molar-refractivity contribution < 1.29 is 14.3 Å². The summed E-state index contributed by atoms with van der Waals surface area (Å²) >= 11 is 2.21. The first-order chi connectivity index (χ1) is 14.9. The lowest BCUT2D eigenvalue weighted by Crippen LogP contribution is -2.27. The summed E-state index contributed by atoms with van der Waals surface area (Å²) in [6, 6.07) is 6.05. The number of esters is 1. The van der Waals surface area contributed by atoms with Crippen molar-refractivity contribution in [3.8, 4) is 12.1 Å². The predicted octanol–water partition coefficient (Wildman–Crippen LogP) is 3.09. The fraction of sp³-hybridized carbons (Fsp3) is 0.381. The van der Waals surface area contributed by atoms with Crippen molar-refractivity contribution in [2.45, 2.75) is 31.8 Å². The Balaban J connectivity index is 1.73. The van der Waals surface area contributed by atoms with Crippen molar-refractivity contribution in [1.82, 2.24) is 9.88 Å². The van der Waals surface area contributed by atoms with Gasteiger partial charge in [-0.2, -0.15) is 10.5 Å². The molecule has 0 unspecified atom stereocenters. The normalized spacial score (nSPS) is 13.1. The van der Waals surface area contributed by atoms with Crippen LogP contribution < -0.4 is 5.32 Å². The Kier molecular flexibility index (Phi) is 7.29. The molecule has 0 bridgehead atoms. The number of likely N-dealkylation sites (N-methyl/N-ethyl adjacent to an activating group) is 1. The van der Waals surface area contributed by atoms with Gasteiger partial charge in [-0.25, -0.2) is 9.78 Å². The number of fused-ring (bicyclic) bond motifs is 1. The maximum absolute atomic E-state index is 12.5. The number of nitriles is 2. The molecule has 0 aromatic carbocycles. The van der Waals surface area contributed by atoms with Crippen LogP contribution in [0.5, 0.6) is 0 Å². The molecule has 1 aliphatic rings. The number of nitrogens with zero attached hydrogens (tertiary/aromatic N) is 4. The number of rotatable bonds is 6. The molecule has 2 aromatic rings. The maximum Gasteiger partial charge on any atom is 0.348 e. The lowest BCUT2D eigenvalue weighted by molar-refractivity contribution is -0.113. The summed E-state index contributed by atoms with van der Waals surface area (Å²) in [5, 5.41) is 22.5. The summed E-state index contributed by atoms with van der Waals surface area (Å²) in [6.07, 6.45) is 0.800. The van der Waals surface area contributed by atoms with E-state index < -0.39 is 5.97 Å². The maximum atomic E-state index is 12.5. The topological polar surface area (TPSA) is 119 Å². The average molecular weight is 456 g/mol. The van der Waals surface area contributed by atoms with Gasteiger partial charge in [-0.1, -0.05) is 11.8 Å². The number of ether oxygens (including phenoxy) is 1. The fourth-order valence-electron chi connectivity index (χ4n) is 3.21. The van der Waals surface area contributed by atoms with Gasteiger partial charge in [0.15, 0.2) is 0 Å². The van der Waals surface area contributed by atoms with Gasteiger partial charge in [0.2, 0.25) is 5.91 Å². The molecule has 160 valence electrons. The third-order valence-corrected chi connectivity index (χ3v) is 6.94. The van der Waals surface area contributed by atoms with Gasteiger partial charge in [-0.3, -0.25) is 4.79 Å². The van der Waals surface area contributed by atoms with Crippen molar-refractivity contribution in [3.63, 3.8) is 0 Å². The molecule has 1 amide bonds. The standard InChI is InChI=1S/C21H21N5O3S2/c1-4-29-21(28)18-12(2)15(9-23)20(31-18)25-17(27)11-30-19-13(8-22)7-14-10-26(3)6-5-16(14)24-19/h7H,4-6,10-11H2,1-3H3,(H,25,27). The first-order valence-corrected chi connectivity index (χ1v) is 11.4. The van der Waals surface area contributed by atoms with E-state index in [1.165, 1.54) is 11.8 Å². The van der Waals surface area contributed by atoms with Crippen molar-refractivity contribution in [2.24, 2.45) is 0 Å². The van der Waals surface area contributed by atoms with Crippen molar-refractivity contribution >= 4 is 40.0 Å². The van der Waals surface area contributed by atoms with E-state index in [0.29, 0.717) is 26.0 Å². The molecular weight excluding hydrogens is 434 g/mol. The molecule has 0 radical (unpaired) electrons. The van der Waals surface area contributed by atoms with Crippen LogP contribution in [-0.4, -0.2) is 47.7 Å². The SMILES string of the molecule is CCOC(=O)c1sc(NC(=O)CSc2nc3c(cc2C#N)CN(C)CC3)c(C#N)c1C. The van der Waals surface area contributed by atoms with Gasteiger partial charge in [0, 0.05) is 25.2 Å². The van der Waals surface area contributed by atoms with Gasteiger partial charge in [0.05, 0.1) is 23.5 Å². The molecule has 8 nitrogen and oxygen atoms in total. The number of hydrogen-bond donors (Lipinski definition) is 1. The van der Waals surface area contributed by atoms with Gasteiger partial charge >= 0.3 is 5.97 Å². The van der Waals surface area contributed by atoms with E-state index in [2.05, 4.69) is 21.3 Å². The summed E-state index contributed by atoms with van der Waals surface area (Å²) in [6.45, 7) is 5.23. The Hall–Kier alpha value is -2.92. The number of nitrogens with one attached hydrogen (secondary N) is 1. The number of thioether (sulfide) groups is 1. The molecular formula is C21H21N5O3S2. The zero-order valence-corrected chi connectivity index (χ0v) is 19.1. The van der Waals surface area contributed by atoms with E-state index in [9.17, 15) is 20.1 Å². The second-order valence-electron chi connectivity index (χ2n) is 6.98. The van der Waals surface area contributed by atoms with Crippen LogP contribution >= 0.6 is 23.1 Å². The van der Waals surface area contributed by atoms with Crippen LogP contribution in [-0.2, 0) is 22.5 Å². The molecule has 0 saturated carbocycles. The molecule has 31 heavy (non-hydrogen) atoms. The molecule has 3 rings (SSSR count). The van der Waals surface area contributed by atoms with E-state index >= 15 is 0 Å². The van der Waals surface area contributed by atoms with E-state index in [1.54, 1.807) is 13.8 Å². The summed E-state index contributed by atoms with van der Waals surface area (Å²) < 4.78 is 5.01. The molecule has 0 aliphatic carbocycles. The van der Waals surface area contributed by atoms with Crippen LogP contribution in [0.3, 0.4) is 0 Å². The number of thiophene rings is 1. The Morgan fingerprint density at radius 3 is 2.84 bits per heavy atom. The molecule has 3 heterocycles. The van der Waals surface area contributed by atoms with E-state index in [1.807, 2.05) is 19.2 Å². The smallest absolute Gasteiger partial charge is 0.348 e. The van der Waals surface area contributed by atoms with Crippen molar-refractivity contribution in [3.05, 3.63) is 38.9 Å². The van der Waals surface area contributed by atoms with Crippen molar-refractivity contribution in [1.29, 1.82) is 10.5 Å². The number of pyridine rings is 1. The zero-order chi connectivity index (χ0) is 22.5. The predicted molar refractivity (Wildman–Crippen MR) is 118 cm³/mol. The highest BCUT2D eigenvalue weighted by molar-refractivity contribution is 8.00. The molecule has 1 aliphatic heterocycles. The number of aromatic nitrogens is 1. The quantitative estimate of drug-likeness (QED) is 0.521. The lowest BCUT2D eigenvalue weighted by Gasteiger charge is -2.24. The Morgan fingerprint density at radius 1 is 1.39 bits per heavy atom. The molecule has 2 aromatic heterocycles. The van der Waals surface area contributed by atoms with Gasteiger partial charge in [0.25, 0.3) is 0 Å². The van der Waals surface area contributed by atoms with Gasteiger partial charge < -0.3 is 15.0 Å². The third-order valence-electron chi connectivity index (χ3n) is 4.76. The highest BCUT2D eigenvalue weighted by Crippen LogP contribution is 2.33. The van der Waals surface area contributed by atoms with E-state index in [0.717, 1.165) is 42.1 Å². The highest BCUT2D eigenvalue weighted by atomic mass is 32.2. The third kappa shape index (κ3) is 5.05. The van der Waals surface area contributed by atoms with Crippen molar-refractivity contribution in [2.75, 3.05) is 31.3 Å².